The number of likely N-dealkylation sites (tertiary alicyclic amines) is 1. The fourth-order valence-electron chi connectivity index (χ4n) is 4.34. The maximum atomic E-state index is 2.71. The van der Waals surface area contributed by atoms with Crippen molar-refractivity contribution in [3.63, 3.8) is 0 Å². The first-order valence-corrected chi connectivity index (χ1v) is 8.62. The van der Waals surface area contributed by atoms with Gasteiger partial charge in [-0.15, -0.1) is 0 Å². The molecule has 0 N–H and O–H groups in total. The summed E-state index contributed by atoms with van der Waals surface area (Å²) in [5, 5.41) is 0. The van der Waals surface area contributed by atoms with Gasteiger partial charge in [0, 0.05) is 12.1 Å². The second-order valence-electron chi connectivity index (χ2n) is 6.95. The van der Waals surface area contributed by atoms with Gasteiger partial charge >= 0.3 is 0 Å². The fraction of sp³-hybridized carbons (Fsp3) is 0.684. The molecule has 110 valence electrons. The van der Waals surface area contributed by atoms with Crippen LogP contribution in [0.3, 0.4) is 0 Å². The number of hydrogen-bond donors (Lipinski definition) is 0. The molecule has 1 atom stereocenters. The van der Waals surface area contributed by atoms with Gasteiger partial charge in [0.05, 0.1) is 0 Å². The summed E-state index contributed by atoms with van der Waals surface area (Å²) in [6.45, 7) is 5.98. The highest BCUT2D eigenvalue weighted by molar-refractivity contribution is 5.34. The van der Waals surface area contributed by atoms with Crippen molar-refractivity contribution in [3.05, 3.63) is 35.4 Å². The van der Waals surface area contributed by atoms with Crippen molar-refractivity contribution in [2.75, 3.05) is 6.54 Å². The molecule has 0 radical (unpaired) electrons. The van der Waals surface area contributed by atoms with Crippen LogP contribution in [0.15, 0.2) is 24.3 Å². The lowest BCUT2D eigenvalue weighted by Crippen LogP contribution is -2.31. The van der Waals surface area contributed by atoms with Crippen LogP contribution < -0.4 is 0 Å². The Morgan fingerprint density at radius 2 is 1.60 bits per heavy atom. The minimum Gasteiger partial charge on any atom is -0.294 e. The summed E-state index contributed by atoms with van der Waals surface area (Å²) in [7, 11) is 0. The minimum absolute atomic E-state index is 0.668. The summed E-state index contributed by atoms with van der Waals surface area (Å²) in [4.78, 5) is 2.71. The quantitative estimate of drug-likeness (QED) is 0.723. The molecule has 0 amide bonds. The van der Waals surface area contributed by atoms with Gasteiger partial charge in [0.25, 0.3) is 0 Å². The van der Waals surface area contributed by atoms with Crippen LogP contribution in [0.1, 0.15) is 81.9 Å². The topological polar surface area (TPSA) is 3.24 Å². The van der Waals surface area contributed by atoms with E-state index in [-0.39, 0.29) is 0 Å². The van der Waals surface area contributed by atoms with E-state index in [1.807, 2.05) is 0 Å². The van der Waals surface area contributed by atoms with Gasteiger partial charge in [-0.25, -0.2) is 0 Å². The summed E-state index contributed by atoms with van der Waals surface area (Å²) in [5.74, 6) is 0.828. The highest BCUT2D eigenvalue weighted by Crippen LogP contribution is 2.41. The SMILES string of the molecule is CC(C)N1CCCC1c1ccccc1C1CCCCC1. The van der Waals surface area contributed by atoms with Crippen LogP contribution >= 0.6 is 0 Å². The van der Waals surface area contributed by atoms with Gasteiger partial charge in [-0.2, -0.15) is 0 Å². The summed E-state index contributed by atoms with van der Waals surface area (Å²) in [6, 6.07) is 10.7. The summed E-state index contributed by atoms with van der Waals surface area (Å²) in [6.07, 6.45) is 9.83. The molecule has 0 aromatic heterocycles. The fourth-order valence-corrected chi connectivity index (χ4v) is 4.34. The number of nitrogens with zero attached hydrogens (tertiary/aromatic N) is 1. The number of benzene rings is 1. The molecule has 1 aliphatic carbocycles. The van der Waals surface area contributed by atoms with E-state index in [9.17, 15) is 0 Å². The van der Waals surface area contributed by atoms with Crippen LogP contribution in [0.2, 0.25) is 0 Å². The number of hydrogen-bond acceptors (Lipinski definition) is 1. The monoisotopic (exact) mass is 271 g/mol. The Bertz CT molecular complexity index is 431. The lowest BCUT2D eigenvalue weighted by atomic mass is 9.80. The first-order chi connectivity index (χ1) is 9.77. The normalized spacial score (nSPS) is 25.4. The molecule has 2 fully saturated rings. The first kappa shape index (κ1) is 14.1. The van der Waals surface area contributed by atoms with E-state index in [1.165, 1.54) is 51.5 Å². The average Bonchev–Trinajstić information content (AvgIpc) is 2.98. The molecule has 0 spiro atoms. The predicted molar refractivity (Wildman–Crippen MR) is 86.1 cm³/mol. The van der Waals surface area contributed by atoms with Gasteiger partial charge in [-0.05, 0) is 63.1 Å². The third-order valence-corrected chi connectivity index (χ3v) is 5.36. The molecule has 1 unspecified atom stereocenters. The van der Waals surface area contributed by atoms with Gasteiger partial charge in [0.15, 0.2) is 0 Å². The van der Waals surface area contributed by atoms with Gasteiger partial charge in [0.2, 0.25) is 0 Å². The van der Waals surface area contributed by atoms with Crippen molar-refractivity contribution in [2.45, 2.75) is 76.8 Å². The Morgan fingerprint density at radius 1 is 0.900 bits per heavy atom. The second-order valence-corrected chi connectivity index (χ2v) is 6.95. The zero-order valence-electron chi connectivity index (χ0n) is 13.1. The Kier molecular flexibility index (Phi) is 4.45. The summed E-state index contributed by atoms with van der Waals surface area (Å²) in [5.41, 5.74) is 3.32. The minimum atomic E-state index is 0.668. The first-order valence-electron chi connectivity index (χ1n) is 8.62. The molecule has 3 rings (SSSR count). The van der Waals surface area contributed by atoms with Crippen LogP contribution in [0.5, 0.6) is 0 Å². The van der Waals surface area contributed by atoms with Crippen LogP contribution in [-0.2, 0) is 0 Å². The molecular formula is C19H29N. The number of rotatable bonds is 3. The molecule has 1 saturated heterocycles. The molecule has 1 heteroatoms. The van der Waals surface area contributed by atoms with E-state index >= 15 is 0 Å². The van der Waals surface area contributed by atoms with Crippen LogP contribution in [0.4, 0.5) is 0 Å². The second kappa shape index (κ2) is 6.30. The highest BCUT2D eigenvalue weighted by atomic mass is 15.2. The lowest BCUT2D eigenvalue weighted by molar-refractivity contribution is 0.204. The Labute approximate surface area is 124 Å². The zero-order valence-corrected chi connectivity index (χ0v) is 13.1. The van der Waals surface area contributed by atoms with Crippen LogP contribution in [-0.4, -0.2) is 17.5 Å². The summed E-state index contributed by atoms with van der Waals surface area (Å²) < 4.78 is 0. The maximum Gasteiger partial charge on any atom is 0.0354 e. The van der Waals surface area contributed by atoms with Crippen LogP contribution in [0.25, 0.3) is 0 Å². The zero-order chi connectivity index (χ0) is 13.9. The van der Waals surface area contributed by atoms with Gasteiger partial charge in [0.1, 0.15) is 0 Å². The molecule has 20 heavy (non-hydrogen) atoms. The maximum absolute atomic E-state index is 2.71. The van der Waals surface area contributed by atoms with E-state index in [4.69, 9.17) is 0 Å². The summed E-state index contributed by atoms with van der Waals surface area (Å²) >= 11 is 0. The third kappa shape index (κ3) is 2.79. The van der Waals surface area contributed by atoms with Crippen molar-refractivity contribution in [2.24, 2.45) is 0 Å². The molecule has 1 heterocycles. The average molecular weight is 271 g/mol. The van der Waals surface area contributed by atoms with E-state index in [1.54, 1.807) is 11.1 Å². The van der Waals surface area contributed by atoms with E-state index < -0.39 is 0 Å². The van der Waals surface area contributed by atoms with E-state index in [2.05, 4.69) is 43.0 Å². The van der Waals surface area contributed by atoms with Crippen molar-refractivity contribution >= 4 is 0 Å². The van der Waals surface area contributed by atoms with Crippen molar-refractivity contribution < 1.29 is 0 Å². The van der Waals surface area contributed by atoms with Crippen molar-refractivity contribution in [1.82, 2.24) is 4.90 Å². The molecule has 1 nitrogen and oxygen atoms in total. The van der Waals surface area contributed by atoms with Gasteiger partial charge in [-0.3, -0.25) is 4.90 Å². The Morgan fingerprint density at radius 3 is 2.30 bits per heavy atom. The van der Waals surface area contributed by atoms with Crippen LogP contribution in [0, 0.1) is 0 Å². The third-order valence-electron chi connectivity index (χ3n) is 5.36. The molecule has 2 aliphatic rings. The predicted octanol–water partition coefficient (Wildman–Crippen LogP) is 5.28. The van der Waals surface area contributed by atoms with Crippen molar-refractivity contribution in [3.8, 4) is 0 Å². The largest absolute Gasteiger partial charge is 0.294 e. The molecule has 1 aromatic carbocycles. The molecule has 1 aliphatic heterocycles. The Balaban J connectivity index is 1.89. The molecule has 1 aromatic rings. The smallest absolute Gasteiger partial charge is 0.0354 e. The highest BCUT2D eigenvalue weighted by Gasteiger charge is 2.30. The molecule has 0 bridgehead atoms. The van der Waals surface area contributed by atoms with Gasteiger partial charge in [-0.1, -0.05) is 43.5 Å². The van der Waals surface area contributed by atoms with Crippen molar-refractivity contribution in [1.29, 1.82) is 0 Å². The molecular weight excluding hydrogens is 242 g/mol. The molecule has 1 saturated carbocycles. The Hall–Kier alpha value is -0.820. The standard InChI is InChI=1S/C19H29N/c1-15(2)20-14-8-13-19(20)18-12-7-6-11-17(18)16-9-4-3-5-10-16/h6-7,11-12,15-16,19H,3-5,8-10,13-14H2,1-2H3. The van der Waals surface area contributed by atoms with E-state index in [0.717, 1.165) is 5.92 Å². The van der Waals surface area contributed by atoms with Gasteiger partial charge < -0.3 is 0 Å². The van der Waals surface area contributed by atoms with E-state index in [0.29, 0.717) is 12.1 Å². The lowest BCUT2D eigenvalue weighted by Gasteiger charge is -2.32.